The summed E-state index contributed by atoms with van der Waals surface area (Å²) in [6, 6.07) is 15.5. The van der Waals surface area contributed by atoms with Crippen LogP contribution in [0.1, 0.15) is 43.7 Å². The van der Waals surface area contributed by atoms with Crippen LogP contribution in [-0.2, 0) is 36.9 Å². The van der Waals surface area contributed by atoms with E-state index in [1.807, 2.05) is 67.6 Å². The average molecular weight is 537 g/mol. The van der Waals surface area contributed by atoms with Crippen LogP contribution in [0.25, 0.3) is 0 Å². The Labute approximate surface area is 228 Å². The summed E-state index contributed by atoms with van der Waals surface area (Å²) in [6.45, 7) is 2.45. The van der Waals surface area contributed by atoms with Gasteiger partial charge in [0, 0.05) is 18.9 Å². The van der Waals surface area contributed by atoms with Gasteiger partial charge in [-0.25, -0.2) is 4.79 Å². The molecule has 2 aromatic rings. The second kappa shape index (κ2) is 15.3. The molecule has 0 spiro atoms. The van der Waals surface area contributed by atoms with Crippen molar-refractivity contribution in [2.45, 2.75) is 63.8 Å². The SMILES string of the molecule is CCC[C@H](NC(=O)[C@@H](Cc1ccccc1)NC(=O)OCc1ccccc1)C(=O)N[C@H](C=O)C[C@@H]1CCNC1=O. The predicted molar refractivity (Wildman–Crippen MR) is 144 cm³/mol. The Bertz CT molecular complexity index is 1110. The summed E-state index contributed by atoms with van der Waals surface area (Å²) in [7, 11) is 0. The molecule has 10 heteroatoms. The highest BCUT2D eigenvalue weighted by Crippen LogP contribution is 2.16. The van der Waals surface area contributed by atoms with Gasteiger partial charge in [-0.1, -0.05) is 74.0 Å². The van der Waals surface area contributed by atoms with E-state index >= 15 is 0 Å². The first-order valence-corrected chi connectivity index (χ1v) is 13.2. The number of hydrogen-bond acceptors (Lipinski definition) is 6. The van der Waals surface area contributed by atoms with Crippen LogP contribution in [0.2, 0.25) is 0 Å². The van der Waals surface area contributed by atoms with Crippen molar-refractivity contribution in [3.8, 4) is 0 Å². The minimum absolute atomic E-state index is 0.0410. The van der Waals surface area contributed by atoms with Crippen molar-refractivity contribution in [3.05, 3.63) is 71.8 Å². The standard InChI is InChI=1S/C29H36N4O6/c1-2-9-24(27(36)31-23(18-34)17-22-14-15-30-26(22)35)32-28(37)25(16-20-10-5-3-6-11-20)33-29(38)39-19-21-12-7-4-8-13-21/h3-8,10-13,18,22-25H,2,9,14-17,19H2,1H3,(H,30,35)(H,31,36)(H,32,37)(H,33,38)/t22-,23-,24-,25+/m0/s1. The molecule has 1 saturated heterocycles. The summed E-state index contributed by atoms with van der Waals surface area (Å²) >= 11 is 0. The number of nitrogens with one attached hydrogen (secondary N) is 4. The maximum absolute atomic E-state index is 13.3. The molecule has 0 bridgehead atoms. The molecule has 4 N–H and O–H groups in total. The third-order valence-electron chi connectivity index (χ3n) is 6.51. The van der Waals surface area contributed by atoms with E-state index in [-0.39, 0.29) is 31.3 Å². The van der Waals surface area contributed by atoms with E-state index in [4.69, 9.17) is 4.74 Å². The summed E-state index contributed by atoms with van der Waals surface area (Å²) < 4.78 is 5.30. The van der Waals surface area contributed by atoms with Gasteiger partial charge < -0.3 is 30.8 Å². The molecule has 0 radical (unpaired) electrons. The number of aldehydes is 1. The molecular weight excluding hydrogens is 500 g/mol. The van der Waals surface area contributed by atoms with E-state index in [2.05, 4.69) is 21.3 Å². The predicted octanol–water partition coefficient (Wildman–Crippen LogP) is 2.02. The van der Waals surface area contributed by atoms with Crippen molar-refractivity contribution in [2.75, 3.05) is 6.54 Å². The molecule has 3 rings (SSSR count). The van der Waals surface area contributed by atoms with Crippen molar-refractivity contribution in [3.63, 3.8) is 0 Å². The number of ether oxygens (including phenoxy) is 1. The highest BCUT2D eigenvalue weighted by atomic mass is 16.5. The quantitative estimate of drug-likeness (QED) is 0.272. The van der Waals surface area contributed by atoms with Crippen LogP contribution in [0.15, 0.2) is 60.7 Å². The van der Waals surface area contributed by atoms with Gasteiger partial charge in [0.05, 0.1) is 6.04 Å². The molecule has 10 nitrogen and oxygen atoms in total. The molecule has 0 unspecified atom stereocenters. The van der Waals surface area contributed by atoms with E-state index < -0.39 is 36.0 Å². The van der Waals surface area contributed by atoms with Crippen molar-refractivity contribution in [2.24, 2.45) is 5.92 Å². The Morgan fingerprint density at radius 1 is 0.949 bits per heavy atom. The molecule has 4 atom stereocenters. The monoisotopic (exact) mass is 536 g/mol. The van der Waals surface area contributed by atoms with Crippen molar-refractivity contribution in [1.29, 1.82) is 0 Å². The molecule has 1 aliphatic rings. The number of rotatable bonds is 14. The Morgan fingerprint density at radius 2 is 1.59 bits per heavy atom. The fraction of sp³-hybridized carbons (Fsp3) is 0.414. The minimum Gasteiger partial charge on any atom is -0.445 e. The maximum atomic E-state index is 13.3. The molecule has 1 fully saturated rings. The number of benzene rings is 2. The van der Waals surface area contributed by atoms with E-state index in [0.717, 1.165) is 11.1 Å². The van der Waals surface area contributed by atoms with Crippen LogP contribution in [-0.4, -0.2) is 54.8 Å². The number of alkyl carbamates (subject to hydrolysis) is 1. The molecule has 39 heavy (non-hydrogen) atoms. The van der Waals surface area contributed by atoms with Gasteiger partial charge in [-0.05, 0) is 30.4 Å². The first-order chi connectivity index (χ1) is 18.9. The van der Waals surface area contributed by atoms with Crippen molar-refractivity contribution < 1.29 is 28.7 Å². The largest absolute Gasteiger partial charge is 0.445 e. The topological polar surface area (TPSA) is 143 Å². The highest BCUT2D eigenvalue weighted by molar-refractivity contribution is 5.92. The summed E-state index contributed by atoms with van der Waals surface area (Å²) in [5, 5.41) is 10.7. The van der Waals surface area contributed by atoms with Crippen LogP contribution in [0.5, 0.6) is 0 Å². The first kappa shape index (κ1) is 29.3. The zero-order valence-corrected chi connectivity index (χ0v) is 22.1. The van der Waals surface area contributed by atoms with Gasteiger partial charge in [-0.2, -0.15) is 0 Å². The van der Waals surface area contributed by atoms with Gasteiger partial charge in [0.15, 0.2) is 0 Å². The van der Waals surface area contributed by atoms with Crippen molar-refractivity contribution >= 4 is 30.1 Å². The lowest BCUT2D eigenvalue weighted by Crippen LogP contribution is -2.55. The van der Waals surface area contributed by atoms with Gasteiger partial charge in [-0.15, -0.1) is 0 Å². The number of carbonyl (C=O) groups excluding carboxylic acids is 5. The van der Waals surface area contributed by atoms with Crippen molar-refractivity contribution in [1.82, 2.24) is 21.3 Å². The summed E-state index contributed by atoms with van der Waals surface area (Å²) in [4.78, 5) is 62.5. The smallest absolute Gasteiger partial charge is 0.408 e. The lowest BCUT2D eigenvalue weighted by molar-refractivity contribution is -0.131. The molecule has 4 amide bonds. The average Bonchev–Trinajstić information content (AvgIpc) is 3.35. The summed E-state index contributed by atoms with van der Waals surface area (Å²) in [5.41, 5.74) is 1.62. The van der Waals surface area contributed by atoms with Gasteiger partial charge in [0.2, 0.25) is 17.7 Å². The Kier molecular flexibility index (Phi) is 11.5. The summed E-state index contributed by atoms with van der Waals surface area (Å²) in [5.74, 6) is -1.56. The number of hydrogen-bond donors (Lipinski definition) is 4. The second-order valence-electron chi connectivity index (χ2n) is 9.56. The fourth-order valence-corrected chi connectivity index (χ4v) is 4.40. The number of amides is 4. The zero-order valence-electron chi connectivity index (χ0n) is 22.1. The van der Waals surface area contributed by atoms with Crippen LogP contribution in [0.3, 0.4) is 0 Å². The highest BCUT2D eigenvalue weighted by Gasteiger charge is 2.31. The molecule has 0 saturated carbocycles. The molecule has 0 aliphatic carbocycles. The van der Waals surface area contributed by atoms with Crippen LogP contribution in [0, 0.1) is 5.92 Å². The Morgan fingerprint density at radius 3 is 2.18 bits per heavy atom. The molecule has 0 aromatic heterocycles. The van der Waals surface area contributed by atoms with E-state index in [1.165, 1.54) is 0 Å². The first-order valence-electron chi connectivity index (χ1n) is 13.2. The van der Waals surface area contributed by atoms with Gasteiger partial charge in [0.25, 0.3) is 0 Å². The lowest BCUT2D eigenvalue weighted by Gasteiger charge is -2.24. The molecule has 208 valence electrons. The van der Waals surface area contributed by atoms with E-state index in [0.29, 0.717) is 32.1 Å². The summed E-state index contributed by atoms with van der Waals surface area (Å²) in [6.07, 6.45) is 1.73. The van der Waals surface area contributed by atoms with E-state index in [1.54, 1.807) is 0 Å². The Balaban J connectivity index is 1.65. The van der Waals surface area contributed by atoms with Crippen LogP contribution in [0.4, 0.5) is 4.79 Å². The fourth-order valence-electron chi connectivity index (χ4n) is 4.40. The molecule has 1 aliphatic heterocycles. The van der Waals surface area contributed by atoms with Gasteiger partial charge in [0.1, 0.15) is 25.0 Å². The second-order valence-corrected chi connectivity index (χ2v) is 9.56. The normalized spacial score (nSPS) is 16.7. The maximum Gasteiger partial charge on any atom is 0.408 e. The lowest BCUT2D eigenvalue weighted by atomic mass is 9.98. The van der Waals surface area contributed by atoms with Gasteiger partial charge >= 0.3 is 6.09 Å². The number of carbonyl (C=O) groups is 5. The van der Waals surface area contributed by atoms with E-state index in [9.17, 15) is 24.0 Å². The third-order valence-corrected chi connectivity index (χ3v) is 6.51. The van der Waals surface area contributed by atoms with Gasteiger partial charge in [-0.3, -0.25) is 14.4 Å². The third kappa shape index (κ3) is 9.55. The van der Waals surface area contributed by atoms with Crippen LogP contribution >= 0.6 is 0 Å². The molecule has 2 aromatic carbocycles. The zero-order chi connectivity index (χ0) is 28.0. The Hall–Kier alpha value is -4.21. The molecule has 1 heterocycles. The van der Waals surface area contributed by atoms with Crippen LogP contribution < -0.4 is 21.3 Å². The minimum atomic E-state index is -1.01. The molecular formula is C29H36N4O6.